The Bertz CT molecular complexity index is 74.5. The molecule has 0 aromatic rings. The summed E-state index contributed by atoms with van der Waals surface area (Å²) >= 11 is 0. The van der Waals surface area contributed by atoms with Gasteiger partial charge in [-0.3, -0.25) is 0 Å². The van der Waals surface area contributed by atoms with E-state index in [-0.39, 0.29) is 6.61 Å². The van der Waals surface area contributed by atoms with Gasteiger partial charge >= 0.3 is 0 Å². The molecule has 0 saturated carbocycles. The van der Waals surface area contributed by atoms with Crippen molar-refractivity contribution in [1.29, 1.82) is 0 Å². The lowest BCUT2D eigenvalue weighted by Crippen LogP contribution is -1.82. The van der Waals surface area contributed by atoms with E-state index in [2.05, 4.69) is 13.0 Å². The quantitative estimate of drug-likeness (QED) is 0.546. The van der Waals surface area contributed by atoms with E-state index >= 15 is 0 Å². The summed E-state index contributed by atoms with van der Waals surface area (Å²) < 4.78 is 0. The van der Waals surface area contributed by atoms with Crippen molar-refractivity contribution < 1.29 is 5.11 Å². The molecule has 0 aromatic heterocycles. The van der Waals surface area contributed by atoms with Crippen LogP contribution >= 0.6 is 0 Å². The summed E-state index contributed by atoms with van der Waals surface area (Å²) in [5, 5.41) is 8.35. The maximum Gasteiger partial charge on any atom is 0.0549 e. The average Bonchev–Trinajstić information content (AvgIpc) is 1.83. The molecule has 0 unspecified atom stereocenters. The van der Waals surface area contributed by atoms with Gasteiger partial charge in [-0.1, -0.05) is 6.92 Å². The molecule has 1 N–H and O–H groups in total. The fraction of sp³-hybridized carbons (Fsp3) is 0.571. The van der Waals surface area contributed by atoms with Crippen LogP contribution in [0.25, 0.3) is 0 Å². The van der Waals surface area contributed by atoms with E-state index in [0.717, 1.165) is 18.4 Å². The van der Waals surface area contributed by atoms with Crippen molar-refractivity contribution in [2.24, 2.45) is 0 Å². The maximum absolute atomic E-state index is 8.35. The van der Waals surface area contributed by atoms with Gasteiger partial charge in [0.1, 0.15) is 0 Å². The first kappa shape index (κ1) is 7.48. The van der Waals surface area contributed by atoms with Crippen LogP contribution in [-0.2, 0) is 0 Å². The van der Waals surface area contributed by atoms with Gasteiger partial charge in [0.2, 0.25) is 0 Å². The van der Waals surface area contributed by atoms with Crippen molar-refractivity contribution >= 4 is 0 Å². The number of hydrogen-bond donors (Lipinski definition) is 1. The van der Waals surface area contributed by atoms with Crippen LogP contribution in [0, 0.1) is 13.0 Å². The monoisotopic (exact) mass is 112 g/mol. The molecule has 0 aromatic carbocycles. The van der Waals surface area contributed by atoms with Crippen LogP contribution in [0.2, 0.25) is 0 Å². The molecule has 8 heavy (non-hydrogen) atoms. The largest absolute Gasteiger partial charge is 0.396 e. The molecule has 0 radical (unpaired) electrons. The van der Waals surface area contributed by atoms with Crippen LogP contribution in [0.3, 0.4) is 0 Å². The van der Waals surface area contributed by atoms with E-state index in [4.69, 9.17) is 5.11 Å². The molecule has 46 valence electrons. The molecule has 0 atom stereocenters. The number of hydrogen-bond acceptors (Lipinski definition) is 1. The number of allylic oxidation sites excluding steroid dienone is 2. The molecular formula is C7H12O. The van der Waals surface area contributed by atoms with Crippen LogP contribution in [0.5, 0.6) is 0 Å². The maximum atomic E-state index is 8.35. The Morgan fingerprint density at radius 1 is 1.75 bits per heavy atom. The highest BCUT2D eigenvalue weighted by Gasteiger charge is 1.87. The topological polar surface area (TPSA) is 20.2 Å². The van der Waals surface area contributed by atoms with Crippen molar-refractivity contribution in [3.8, 4) is 0 Å². The third kappa shape index (κ3) is 3.66. The van der Waals surface area contributed by atoms with Gasteiger partial charge in [-0.05, 0) is 12.8 Å². The lowest BCUT2D eigenvalue weighted by molar-refractivity contribution is 0.288. The van der Waals surface area contributed by atoms with Gasteiger partial charge in [-0.2, -0.15) is 0 Å². The Balaban J connectivity index is 3.12. The first-order valence-corrected chi connectivity index (χ1v) is 2.77. The van der Waals surface area contributed by atoms with Crippen LogP contribution in [0.1, 0.15) is 19.8 Å². The average molecular weight is 112 g/mol. The van der Waals surface area contributed by atoms with Gasteiger partial charge in [-0.15, -0.1) is 0 Å². The second-order valence-electron chi connectivity index (χ2n) is 1.78. The fourth-order valence-electron chi connectivity index (χ4n) is 0.433. The molecule has 0 saturated heterocycles. The Kier molecular flexibility index (Phi) is 4.33. The number of rotatable bonds is 3. The SMILES string of the molecule is [CH2-]/[C+]=C(/C)CCCO. The molecule has 1 heteroatoms. The first-order chi connectivity index (χ1) is 3.81. The molecule has 0 rings (SSSR count). The smallest absolute Gasteiger partial charge is 0.0549 e. The van der Waals surface area contributed by atoms with E-state index in [1.807, 2.05) is 6.92 Å². The zero-order valence-corrected chi connectivity index (χ0v) is 5.28. The molecule has 0 amide bonds. The van der Waals surface area contributed by atoms with E-state index < -0.39 is 0 Å². The Labute approximate surface area is 51.0 Å². The molecule has 0 heterocycles. The van der Waals surface area contributed by atoms with E-state index in [1.165, 1.54) is 0 Å². The first-order valence-electron chi connectivity index (χ1n) is 2.77. The minimum Gasteiger partial charge on any atom is -0.396 e. The molecule has 0 aliphatic carbocycles. The highest BCUT2D eigenvalue weighted by Crippen LogP contribution is 2.00. The van der Waals surface area contributed by atoms with Gasteiger partial charge in [0.05, 0.1) is 6.08 Å². The lowest BCUT2D eigenvalue weighted by atomic mass is 10.2. The van der Waals surface area contributed by atoms with Crippen molar-refractivity contribution in [2.75, 3.05) is 6.61 Å². The number of aliphatic hydroxyl groups excluding tert-OH is 1. The molecule has 1 nitrogen and oxygen atoms in total. The third-order valence-electron chi connectivity index (χ3n) is 1.01. The van der Waals surface area contributed by atoms with Crippen molar-refractivity contribution in [3.63, 3.8) is 0 Å². The minimum absolute atomic E-state index is 0.263. The van der Waals surface area contributed by atoms with Crippen LogP contribution < -0.4 is 0 Å². The molecule has 0 fully saturated rings. The van der Waals surface area contributed by atoms with E-state index in [0.29, 0.717) is 0 Å². The lowest BCUT2D eigenvalue weighted by Gasteiger charge is -1.91. The molecule has 0 aliphatic heterocycles. The highest BCUT2D eigenvalue weighted by atomic mass is 16.2. The Hall–Kier alpha value is -0.520. The minimum atomic E-state index is 0.263. The van der Waals surface area contributed by atoms with Gasteiger partial charge in [0.25, 0.3) is 0 Å². The Morgan fingerprint density at radius 3 is 2.75 bits per heavy atom. The summed E-state index contributed by atoms with van der Waals surface area (Å²) in [4.78, 5) is 0. The second-order valence-corrected chi connectivity index (χ2v) is 1.78. The Morgan fingerprint density at radius 2 is 2.38 bits per heavy atom. The molecule has 0 bridgehead atoms. The molecule has 0 spiro atoms. The van der Waals surface area contributed by atoms with Crippen LogP contribution in [0.15, 0.2) is 5.57 Å². The summed E-state index contributed by atoms with van der Waals surface area (Å²) in [7, 11) is 0. The van der Waals surface area contributed by atoms with Crippen LogP contribution in [-0.4, -0.2) is 11.7 Å². The fourth-order valence-corrected chi connectivity index (χ4v) is 0.433. The van der Waals surface area contributed by atoms with Gasteiger partial charge in [0.15, 0.2) is 0 Å². The van der Waals surface area contributed by atoms with E-state index in [9.17, 15) is 0 Å². The summed E-state index contributed by atoms with van der Waals surface area (Å²) in [6.07, 6.45) is 4.50. The zero-order chi connectivity index (χ0) is 6.41. The van der Waals surface area contributed by atoms with Crippen molar-refractivity contribution in [3.05, 3.63) is 18.6 Å². The summed E-state index contributed by atoms with van der Waals surface area (Å²) in [5.74, 6) is 0. The van der Waals surface area contributed by atoms with E-state index in [1.54, 1.807) is 0 Å². The molecular weight excluding hydrogens is 100 g/mol. The summed E-state index contributed by atoms with van der Waals surface area (Å²) in [6.45, 7) is 5.69. The zero-order valence-electron chi connectivity index (χ0n) is 5.28. The predicted octanol–water partition coefficient (Wildman–Crippen LogP) is 1.34. The number of aliphatic hydroxyl groups is 1. The standard InChI is InChI=1S/C7H12O/c1-3-7(2)5-4-6-8/h8H,1,4-6H2,2H3. The van der Waals surface area contributed by atoms with Crippen molar-refractivity contribution in [2.45, 2.75) is 19.8 Å². The summed E-state index contributed by atoms with van der Waals surface area (Å²) in [5.41, 5.74) is 1.12. The van der Waals surface area contributed by atoms with Crippen molar-refractivity contribution in [1.82, 2.24) is 0 Å². The predicted molar refractivity (Wildman–Crippen MR) is 34.1 cm³/mol. The van der Waals surface area contributed by atoms with Gasteiger partial charge in [0, 0.05) is 19.1 Å². The second kappa shape index (κ2) is 4.63. The van der Waals surface area contributed by atoms with Crippen LogP contribution in [0.4, 0.5) is 0 Å². The summed E-state index contributed by atoms with van der Waals surface area (Å²) in [6, 6.07) is 0. The van der Waals surface area contributed by atoms with Gasteiger partial charge < -0.3 is 5.11 Å². The normalized spacial score (nSPS) is 11.0. The highest BCUT2D eigenvalue weighted by molar-refractivity contribution is 4.92. The molecule has 0 aliphatic rings. The van der Waals surface area contributed by atoms with Gasteiger partial charge in [-0.25, -0.2) is 0 Å². The third-order valence-corrected chi connectivity index (χ3v) is 1.01.